The Balaban J connectivity index is 1.93. The minimum atomic E-state index is -0.927. The molecule has 1 atom stereocenters. The highest BCUT2D eigenvalue weighted by atomic mass is 16.5. The standard InChI is InChI=1S/C22H27N3O5/c1-5-29-19-12-7-16(13-20(19)30-6-2)14-23-25-22(27)15(3)21(26)24-17-8-10-18(28-4)11-9-17/h7-15H,5-6H2,1-4H3,(H,24,26)(H,25,27). The van der Waals surface area contributed by atoms with Gasteiger partial charge in [0.25, 0.3) is 5.91 Å². The molecule has 30 heavy (non-hydrogen) atoms. The number of methoxy groups -OCH3 is 1. The van der Waals surface area contributed by atoms with Crippen molar-refractivity contribution in [2.45, 2.75) is 20.8 Å². The zero-order valence-electron chi connectivity index (χ0n) is 17.6. The van der Waals surface area contributed by atoms with Crippen LogP contribution in [-0.4, -0.2) is 38.4 Å². The van der Waals surface area contributed by atoms with E-state index in [1.165, 1.54) is 13.1 Å². The van der Waals surface area contributed by atoms with Gasteiger partial charge in [0.1, 0.15) is 11.7 Å². The average molecular weight is 413 g/mol. The van der Waals surface area contributed by atoms with E-state index >= 15 is 0 Å². The van der Waals surface area contributed by atoms with Crippen LogP contribution in [0, 0.1) is 5.92 Å². The van der Waals surface area contributed by atoms with Gasteiger partial charge < -0.3 is 19.5 Å². The molecule has 0 spiro atoms. The first-order chi connectivity index (χ1) is 14.5. The predicted octanol–water partition coefficient (Wildman–Crippen LogP) is 3.22. The van der Waals surface area contributed by atoms with Gasteiger partial charge in [0, 0.05) is 5.69 Å². The second-order valence-corrected chi connectivity index (χ2v) is 6.25. The predicted molar refractivity (Wildman–Crippen MR) is 115 cm³/mol. The van der Waals surface area contributed by atoms with Crippen LogP contribution in [-0.2, 0) is 9.59 Å². The third kappa shape index (κ3) is 6.51. The van der Waals surface area contributed by atoms with E-state index in [0.717, 1.165) is 5.56 Å². The summed E-state index contributed by atoms with van der Waals surface area (Å²) in [7, 11) is 1.56. The van der Waals surface area contributed by atoms with Gasteiger partial charge in [0.05, 0.1) is 26.5 Å². The normalized spacial score (nSPS) is 11.6. The largest absolute Gasteiger partial charge is 0.497 e. The first-order valence-electron chi connectivity index (χ1n) is 9.66. The Morgan fingerprint density at radius 2 is 1.67 bits per heavy atom. The number of amides is 2. The van der Waals surface area contributed by atoms with Crippen LogP contribution in [0.1, 0.15) is 26.3 Å². The Kier molecular flexibility index (Phi) is 8.68. The van der Waals surface area contributed by atoms with Crippen LogP contribution in [0.3, 0.4) is 0 Å². The topological polar surface area (TPSA) is 98.2 Å². The Hall–Kier alpha value is -3.55. The Labute approximate surface area is 176 Å². The Bertz CT molecular complexity index is 881. The van der Waals surface area contributed by atoms with E-state index < -0.39 is 17.7 Å². The molecule has 0 aliphatic rings. The molecule has 0 saturated heterocycles. The molecule has 2 aromatic rings. The van der Waals surface area contributed by atoms with Crippen LogP contribution in [0.2, 0.25) is 0 Å². The molecule has 0 radical (unpaired) electrons. The number of nitrogens with one attached hydrogen (secondary N) is 2. The van der Waals surface area contributed by atoms with E-state index in [1.807, 2.05) is 13.8 Å². The minimum absolute atomic E-state index is 0.437. The van der Waals surface area contributed by atoms with Crippen molar-refractivity contribution in [3.8, 4) is 17.2 Å². The van der Waals surface area contributed by atoms with Crippen LogP contribution < -0.4 is 25.0 Å². The summed E-state index contributed by atoms with van der Waals surface area (Å²) in [5, 5.41) is 6.62. The molecule has 0 aliphatic heterocycles. The maximum atomic E-state index is 12.3. The third-order valence-electron chi connectivity index (χ3n) is 4.10. The van der Waals surface area contributed by atoms with Crippen molar-refractivity contribution in [3.05, 3.63) is 48.0 Å². The maximum absolute atomic E-state index is 12.3. The number of hydrogen-bond donors (Lipinski definition) is 2. The highest BCUT2D eigenvalue weighted by Gasteiger charge is 2.21. The van der Waals surface area contributed by atoms with E-state index in [1.54, 1.807) is 49.6 Å². The first kappa shape index (κ1) is 22.7. The second-order valence-electron chi connectivity index (χ2n) is 6.25. The fourth-order valence-electron chi connectivity index (χ4n) is 2.46. The van der Waals surface area contributed by atoms with E-state index in [2.05, 4.69) is 15.8 Å². The van der Waals surface area contributed by atoms with Crippen molar-refractivity contribution >= 4 is 23.7 Å². The molecular weight excluding hydrogens is 386 g/mol. The van der Waals surface area contributed by atoms with Crippen molar-refractivity contribution in [1.29, 1.82) is 0 Å². The van der Waals surface area contributed by atoms with Gasteiger partial charge in [-0.3, -0.25) is 9.59 Å². The average Bonchev–Trinajstić information content (AvgIpc) is 2.75. The molecule has 0 aliphatic carbocycles. The van der Waals surface area contributed by atoms with E-state index in [4.69, 9.17) is 14.2 Å². The molecule has 0 bridgehead atoms. The van der Waals surface area contributed by atoms with Crippen LogP contribution >= 0.6 is 0 Å². The molecule has 160 valence electrons. The molecule has 8 heteroatoms. The summed E-state index contributed by atoms with van der Waals surface area (Å²) in [6.07, 6.45) is 1.48. The number of carbonyl (C=O) groups excluding carboxylic acids is 2. The number of carbonyl (C=O) groups is 2. The molecule has 2 amide bonds. The summed E-state index contributed by atoms with van der Waals surface area (Å²) < 4.78 is 16.2. The number of benzene rings is 2. The molecule has 2 aromatic carbocycles. The van der Waals surface area contributed by atoms with Crippen LogP contribution in [0.5, 0.6) is 17.2 Å². The Morgan fingerprint density at radius 1 is 1.00 bits per heavy atom. The lowest BCUT2D eigenvalue weighted by Gasteiger charge is -2.12. The fraction of sp³-hybridized carbons (Fsp3) is 0.318. The van der Waals surface area contributed by atoms with Crippen molar-refractivity contribution in [3.63, 3.8) is 0 Å². The van der Waals surface area contributed by atoms with Gasteiger partial charge in [0.2, 0.25) is 5.91 Å². The number of rotatable bonds is 10. The number of hydrazone groups is 1. The van der Waals surface area contributed by atoms with Crippen molar-refractivity contribution < 1.29 is 23.8 Å². The minimum Gasteiger partial charge on any atom is -0.497 e. The van der Waals surface area contributed by atoms with E-state index in [9.17, 15) is 9.59 Å². The summed E-state index contributed by atoms with van der Waals surface area (Å²) in [6, 6.07) is 12.2. The second kappa shape index (κ2) is 11.5. The summed E-state index contributed by atoms with van der Waals surface area (Å²) in [4.78, 5) is 24.5. The number of anilines is 1. The number of ether oxygens (including phenoxy) is 3. The zero-order chi connectivity index (χ0) is 21.9. The lowest BCUT2D eigenvalue weighted by molar-refractivity contribution is -0.131. The van der Waals surface area contributed by atoms with E-state index in [0.29, 0.717) is 36.1 Å². The summed E-state index contributed by atoms with van der Waals surface area (Å²) in [5.74, 6) is 0.0329. The molecular formula is C22H27N3O5. The van der Waals surface area contributed by atoms with Gasteiger partial charge in [-0.2, -0.15) is 5.10 Å². The van der Waals surface area contributed by atoms with Gasteiger partial charge in [-0.1, -0.05) is 0 Å². The quantitative estimate of drug-likeness (QED) is 0.354. The van der Waals surface area contributed by atoms with Crippen molar-refractivity contribution in [2.24, 2.45) is 11.0 Å². The third-order valence-corrected chi connectivity index (χ3v) is 4.10. The van der Waals surface area contributed by atoms with Crippen molar-refractivity contribution in [2.75, 3.05) is 25.6 Å². The van der Waals surface area contributed by atoms with Gasteiger partial charge in [-0.05, 0) is 68.8 Å². The monoisotopic (exact) mass is 413 g/mol. The van der Waals surface area contributed by atoms with Crippen molar-refractivity contribution in [1.82, 2.24) is 5.43 Å². The molecule has 0 aromatic heterocycles. The van der Waals surface area contributed by atoms with Gasteiger partial charge in [0.15, 0.2) is 11.5 Å². The van der Waals surface area contributed by atoms with Crippen LogP contribution in [0.4, 0.5) is 5.69 Å². The molecule has 0 fully saturated rings. The number of hydrogen-bond acceptors (Lipinski definition) is 6. The molecule has 0 saturated carbocycles. The fourth-order valence-corrected chi connectivity index (χ4v) is 2.46. The number of nitrogens with zero attached hydrogens (tertiary/aromatic N) is 1. The molecule has 8 nitrogen and oxygen atoms in total. The highest BCUT2D eigenvalue weighted by molar-refractivity contribution is 6.06. The van der Waals surface area contributed by atoms with E-state index in [-0.39, 0.29) is 0 Å². The summed E-state index contributed by atoms with van der Waals surface area (Å²) >= 11 is 0. The summed E-state index contributed by atoms with van der Waals surface area (Å²) in [5.41, 5.74) is 3.68. The zero-order valence-corrected chi connectivity index (χ0v) is 17.6. The Morgan fingerprint density at radius 3 is 2.30 bits per heavy atom. The van der Waals surface area contributed by atoms with Crippen LogP contribution in [0.15, 0.2) is 47.6 Å². The molecule has 0 heterocycles. The lowest BCUT2D eigenvalue weighted by atomic mass is 10.1. The van der Waals surface area contributed by atoms with Gasteiger partial charge in [-0.15, -0.1) is 0 Å². The maximum Gasteiger partial charge on any atom is 0.252 e. The smallest absolute Gasteiger partial charge is 0.252 e. The molecule has 2 N–H and O–H groups in total. The van der Waals surface area contributed by atoms with Crippen LogP contribution in [0.25, 0.3) is 0 Å². The summed E-state index contributed by atoms with van der Waals surface area (Å²) in [6.45, 7) is 6.31. The van der Waals surface area contributed by atoms with Gasteiger partial charge in [-0.25, -0.2) is 5.43 Å². The molecule has 1 unspecified atom stereocenters. The van der Waals surface area contributed by atoms with Gasteiger partial charge >= 0.3 is 0 Å². The first-order valence-corrected chi connectivity index (χ1v) is 9.66. The highest BCUT2D eigenvalue weighted by Crippen LogP contribution is 2.28. The lowest BCUT2D eigenvalue weighted by Crippen LogP contribution is -2.34. The molecule has 2 rings (SSSR count). The SMILES string of the molecule is CCOc1ccc(C=NNC(=O)C(C)C(=O)Nc2ccc(OC)cc2)cc1OCC.